The smallest absolute Gasteiger partial charge is 0.345 e. The quantitative estimate of drug-likeness (QED) is 0.217. The number of carbonyl (C=O) groups excluding carboxylic acids is 1. The highest BCUT2D eigenvalue weighted by Gasteiger charge is 2.23. The molecular weight excluding hydrogens is 384 g/mol. The average Bonchev–Trinajstić information content (AvgIpc) is 3.45. The number of imidazole rings is 1. The van der Waals surface area contributed by atoms with Gasteiger partial charge < -0.3 is 23.7 Å². The molecule has 0 bridgehead atoms. The van der Waals surface area contributed by atoms with Crippen molar-refractivity contribution in [1.29, 1.82) is 0 Å². The standard InChI is InChI=1S/C18H14N4O5S/c1-25-17(24)14(15-19-10-5-2-3-6-11(10)20-15)12(23)9-28-18-22-21-16(27-18)13-7-4-8-26-13/h2-8,23H,9H2,1H3,(H,19,20)/b14-12+. The minimum absolute atomic E-state index is 0.00126. The molecule has 0 fully saturated rings. The highest BCUT2D eigenvalue weighted by Crippen LogP contribution is 2.27. The Kier molecular flexibility index (Phi) is 4.85. The number of hydrogen-bond acceptors (Lipinski definition) is 9. The fourth-order valence-electron chi connectivity index (χ4n) is 2.49. The van der Waals surface area contributed by atoms with E-state index < -0.39 is 5.97 Å². The molecule has 142 valence electrons. The van der Waals surface area contributed by atoms with Crippen LogP contribution in [0.3, 0.4) is 0 Å². The number of aromatic nitrogens is 4. The van der Waals surface area contributed by atoms with Gasteiger partial charge >= 0.3 is 5.97 Å². The lowest BCUT2D eigenvalue weighted by molar-refractivity contribution is -0.133. The maximum atomic E-state index is 12.2. The van der Waals surface area contributed by atoms with E-state index in [1.165, 1.54) is 13.4 Å². The van der Waals surface area contributed by atoms with Crippen molar-refractivity contribution in [3.63, 3.8) is 0 Å². The molecule has 2 N–H and O–H groups in total. The number of esters is 1. The zero-order valence-electron chi connectivity index (χ0n) is 14.6. The fourth-order valence-corrected chi connectivity index (χ4v) is 3.14. The molecule has 0 saturated carbocycles. The molecule has 1 aromatic carbocycles. The van der Waals surface area contributed by atoms with Gasteiger partial charge in [-0.25, -0.2) is 9.78 Å². The highest BCUT2D eigenvalue weighted by molar-refractivity contribution is 7.99. The van der Waals surface area contributed by atoms with E-state index in [0.717, 1.165) is 17.3 Å². The molecule has 3 aromatic heterocycles. The summed E-state index contributed by atoms with van der Waals surface area (Å²) in [4.78, 5) is 19.6. The Hall–Kier alpha value is -3.53. The number of para-hydroxylation sites is 2. The van der Waals surface area contributed by atoms with E-state index >= 15 is 0 Å². The van der Waals surface area contributed by atoms with Gasteiger partial charge in [0.15, 0.2) is 5.76 Å². The third-order valence-corrected chi connectivity index (χ3v) is 4.60. The highest BCUT2D eigenvalue weighted by atomic mass is 32.2. The van der Waals surface area contributed by atoms with Gasteiger partial charge in [0.1, 0.15) is 17.2 Å². The zero-order valence-corrected chi connectivity index (χ0v) is 15.4. The summed E-state index contributed by atoms with van der Waals surface area (Å²) < 4.78 is 15.5. The second kappa shape index (κ2) is 7.61. The summed E-state index contributed by atoms with van der Waals surface area (Å²) >= 11 is 1.07. The fraction of sp³-hybridized carbons (Fsp3) is 0.111. The summed E-state index contributed by atoms with van der Waals surface area (Å²) in [6.07, 6.45) is 1.50. The second-order valence-corrected chi connectivity index (χ2v) is 6.48. The molecule has 0 spiro atoms. The molecule has 0 aliphatic rings. The zero-order chi connectivity index (χ0) is 19.5. The number of rotatable bonds is 6. The number of hydrogen-bond donors (Lipinski definition) is 2. The predicted octanol–water partition coefficient (Wildman–Crippen LogP) is 3.44. The number of furan rings is 1. The van der Waals surface area contributed by atoms with Crippen LogP contribution in [0.4, 0.5) is 0 Å². The summed E-state index contributed by atoms with van der Waals surface area (Å²) in [5.41, 5.74) is 1.34. The van der Waals surface area contributed by atoms with Crippen molar-refractivity contribution in [1.82, 2.24) is 20.2 Å². The number of aromatic amines is 1. The Labute approximate surface area is 162 Å². The van der Waals surface area contributed by atoms with Crippen LogP contribution < -0.4 is 0 Å². The minimum Gasteiger partial charge on any atom is -0.510 e. The van der Waals surface area contributed by atoms with Crippen molar-refractivity contribution >= 4 is 34.3 Å². The lowest BCUT2D eigenvalue weighted by Gasteiger charge is -2.06. The largest absolute Gasteiger partial charge is 0.510 e. The number of methoxy groups -OCH3 is 1. The Morgan fingerprint density at radius 1 is 1.25 bits per heavy atom. The molecular formula is C18H14N4O5S. The molecule has 3 heterocycles. The number of carbonyl (C=O) groups is 1. The minimum atomic E-state index is -0.709. The van der Waals surface area contributed by atoms with Crippen molar-refractivity contribution < 1.29 is 23.5 Å². The van der Waals surface area contributed by atoms with Gasteiger partial charge in [-0.2, -0.15) is 0 Å². The molecule has 0 saturated heterocycles. The Morgan fingerprint density at radius 3 is 2.86 bits per heavy atom. The molecule has 28 heavy (non-hydrogen) atoms. The van der Waals surface area contributed by atoms with Gasteiger partial charge in [0.2, 0.25) is 0 Å². The van der Waals surface area contributed by atoms with Gasteiger partial charge in [-0.15, -0.1) is 10.2 Å². The number of aliphatic hydroxyl groups excluding tert-OH is 1. The lowest BCUT2D eigenvalue weighted by Crippen LogP contribution is -2.09. The summed E-state index contributed by atoms with van der Waals surface area (Å²) in [7, 11) is 1.24. The van der Waals surface area contributed by atoms with Crippen molar-refractivity contribution in [2.24, 2.45) is 0 Å². The van der Waals surface area contributed by atoms with Crippen LogP contribution in [0.1, 0.15) is 5.82 Å². The summed E-state index contributed by atoms with van der Waals surface area (Å²) in [5.74, 6) is -0.0555. The van der Waals surface area contributed by atoms with Crippen LogP contribution in [-0.4, -0.2) is 44.1 Å². The molecule has 0 aliphatic carbocycles. The molecule has 0 radical (unpaired) electrons. The number of nitrogens with one attached hydrogen (secondary N) is 1. The monoisotopic (exact) mass is 398 g/mol. The van der Waals surface area contributed by atoms with Gasteiger partial charge in [-0.1, -0.05) is 23.9 Å². The van der Waals surface area contributed by atoms with Crippen LogP contribution in [0.25, 0.3) is 28.3 Å². The molecule has 9 nitrogen and oxygen atoms in total. The number of benzene rings is 1. The van der Waals surface area contributed by atoms with Gasteiger partial charge in [-0.05, 0) is 24.3 Å². The average molecular weight is 398 g/mol. The molecule has 4 aromatic rings. The van der Waals surface area contributed by atoms with E-state index in [9.17, 15) is 9.90 Å². The van der Waals surface area contributed by atoms with Crippen LogP contribution in [0.2, 0.25) is 0 Å². The van der Waals surface area contributed by atoms with Crippen LogP contribution >= 0.6 is 11.8 Å². The molecule has 0 aliphatic heterocycles. The number of H-pyrrole nitrogens is 1. The normalized spacial score (nSPS) is 12.2. The van der Waals surface area contributed by atoms with E-state index in [1.54, 1.807) is 18.2 Å². The van der Waals surface area contributed by atoms with Crippen LogP contribution in [-0.2, 0) is 9.53 Å². The van der Waals surface area contributed by atoms with E-state index in [4.69, 9.17) is 13.6 Å². The second-order valence-electron chi connectivity index (χ2n) is 5.55. The first-order valence-corrected chi connectivity index (χ1v) is 9.10. The third kappa shape index (κ3) is 3.49. The van der Waals surface area contributed by atoms with Crippen LogP contribution in [0, 0.1) is 0 Å². The van der Waals surface area contributed by atoms with Crippen molar-refractivity contribution in [3.8, 4) is 11.7 Å². The summed E-state index contributed by atoms with van der Waals surface area (Å²) in [6.45, 7) is 0. The number of thioether (sulfide) groups is 1. The first-order chi connectivity index (χ1) is 13.7. The van der Waals surface area contributed by atoms with Gasteiger partial charge in [-0.3, -0.25) is 0 Å². The summed E-state index contributed by atoms with van der Waals surface area (Å²) in [5, 5.41) is 18.5. The summed E-state index contributed by atoms with van der Waals surface area (Å²) in [6, 6.07) is 10.7. The number of fused-ring (bicyclic) bond motifs is 1. The topological polar surface area (TPSA) is 127 Å². The molecule has 0 atom stereocenters. The lowest BCUT2D eigenvalue weighted by atomic mass is 10.2. The van der Waals surface area contributed by atoms with E-state index in [-0.39, 0.29) is 34.0 Å². The van der Waals surface area contributed by atoms with Gasteiger partial charge in [0.05, 0.1) is 30.2 Å². The van der Waals surface area contributed by atoms with Crippen molar-refractivity contribution in [2.75, 3.05) is 12.9 Å². The van der Waals surface area contributed by atoms with Gasteiger partial charge in [0, 0.05) is 0 Å². The van der Waals surface area contributed by atoms with E-state index in [1.807, 2.05) is 18.2 Å². The molecule has 4 rings (SSSR count). The molecule has 0 amide bonds. The van der Waals surface area contributed by atoms with Crippen LogP contribution in [0.5, 0.6) is 0 Å². The maximum absolute atomic E-state index is 12.2. The maximum Gasteiger partial charge on any atom is 0.345 e. The third-order valence-electron chi connectivity index (χ3n) is 3.78. The predicted molar refractivity (Wildman–Crippen MR) is 100 cm³/mol. The molecule has 0 unspecified atom stereocenters. The number of ether oxygens (including phenoxy) is 1. The van der Waals surface area contributed by atoms with Crippen molar-refractivity contribution in [3.05, 3.63) is 54.2 Å². The first kappa shape index (κ1) is 17.9. The SMILES string of the molecule is COC(=O)/C(=C(/O)CSc1nnc(-c2ccco2)o1)c1nc2ccccc2[nH]1. The number of nitrogens with zero attached hydrogens (tertiary/aromatic N) is 3. The van der Waals surface area contributed by atoms with E-state index in [2.05, 4.69) is 20.2 Å². The molecule has 10 heteroatoms. The number of aliphatic hydroxyl groups is 1. The Bertz CT molecular complexity index is 1110. The Morgan fingerprint density at radius 2 is 2.11 bits per heavy atom. The van der Waals surface area contributed by atoms with Crippen molar-refractivity contribution in [2.45, 2.75) is 5.22 Å². The van der Waals surface area contributed by atoms with Gasteiger partial charge in [0.25, 0.3) is 11.1 Å². The van der Waals surface area contributed by atoms with E-state index in [0.29, 0.717) is 11.3 Å². The first-order valence-electron chi connectivity index (χ1n) is 8.11. The Balaban J connectivity index is 1.59. The van der Waals surface area contributed by atoms with Crippen LogP contribution in [0.15, 0.2) is 62.5 Å².